The van der Waals surface area contributed by atoms with E-state index in [0.717, 1.165) is 34.1 Å². The monoisotopic (exact) mass is 928 g/mol. The van der Waals surface area contributed by atoms with Gasteiger partial charge >= 0.3 is 0 Å². The van der Waals surface area contributed by atoms with Crippen molar-refractivity contribution < 1.29 is 0 Å². The summed E-state index contributed by atoms with van der Waals surface area (Å²) < 4.78 is 0. The van der Waals surface area contributed by atoms with Crippen LogP contribution in [0.1, 0.15) is 72.9 Å². The highest BCUT2D eigenvalue weighted by Crippen LogP contribution is 2.53. The van der Waals surface area contributed by atoms with Crippen LogP contribution in [-0.4, -0.2) is 0 Å². The molecule has 0 aromatic heterocycles. The van der Waals surface area contributed by atoms with Gasteiger partial charge in [-0.3, -0.25) is 0 Å². The van der Waals surface area contributed by atoms with Crippen LogP contribution in [0.15, 0.2) is 206 Å². The maximum atomic E-state index is 2.52. The highest BCUT2D eigenvalue weighted by atomic mass is 15.2. The molecule has 0 amide bonds. The lowest BCUT2D eigenvalue weighted by Gasteiger charge is -2.31. The summed E-state index contributed by atoms with van der Waals surface area (Å²) in [4.78, 5) is 5.04. The number of anilines is 6. The second-order valence-electron chi connectivity index (χ2n) is 20.9. The molecule has 0 atom stereocenters. The zero-order valence-electron chi connectivity index (χ0n) is 42.7. The van der Waals surface area contributed by atoms with Gasteiger partial charge in [-0.05, 0) is 200 Å². The lowest BCUT2D eigenvalue weighted by Crippen LogP contribution is -2.13. The van der Waals surface area contributed by atoms with E-state index < -0.39 is 0 Å². The number of hydrogen-bond acceptors (Lipinski definition) is 2. The number of aryl methyl sites for hydroxylation is 4. The number of hydrogen-bond donors (Lipinski definition) is 0. The molecule has 72 heavy (non-hydrogen) atoms. The molecule has 0 radical (unpaired) electrons. The van der Waals surface area contributed by atoms with Crippen LogP contribution in [0, 0.1) is 27.7 Å². The van der Waals surface area contributed by atoms with Crippen molar-refractivity contribution in [3.05, 3.63) is 240 Å². The summed E-state index contributed by atoms with van der Waals surface area (Å²) in [7, 11) is 0. The van der Waals surface area contributed by atoms with E-state index in [4.69, 9.17) is 0 Å². The Morgan fingerprint density at radius 3 is 1.00 bits per heavy atom. The number of benzene rings is 12. The maximum absolute atomic E-state index is 2.52. The summed E-state index contributed by atoms with van der Waals surface area (Å²) in [5.41, 5.74) is 19.2. The normalized spacial score (nSPS) is 11.9. The summed E-state index contributed by atoms with van der Waals surface area (Å²) in [6.45, 7) is 18.0. The van der Waals surface area contributed by atoms with Gasteiger partial charge in [0.05, 0.1) is 11.4 Å². The third-order valence-electron chi connectivity index (χ3n) is 15.0. The Kier molecular flexibility index (Phi) is 11.2. The summed E-state index contributed by atoms with van der Waals surface area (Å²) in [5.74, 6) is 0.843. The predicted octanol–water partition coefficient (Wildman–Crippen LogP) is 20.6. The van der Waals surface area contributed by atoms with E-state index >= 15 is 0 Å². The largest absolute Gasteiger partial charge is 0.310 e. The molecule has 0 unspecified atom stereocenters. The van der Waals surface area contributed by atoms with E-state index in [1.54, 1.807) is 0 Å². The number of nitrogens with zero attached hydrogens (tertiary/aromatic N) is 2. The molecule has 0 bridgehead atoms. The van der Waals surface area contributed by atoms with Crippen LogP contribution in [0.3, 0.4) is 0 Å². The van der Waals surface area contributed by atoms with Gasteiger partial charge in [0.15, 0.2) is 0 Å². The summed E-state index contributed by atoms with van der Waals surface area (Å²) in [5, 5.41) is 12.3. The van der Waals surface area contributed by atoms with Gasteiger partial charge in [-0.25, -0.2) is 0 Å². The Balaban J connectivity index is 1.25. The molecular formula is C70H60N2. The lowest BCUT2D eigenvalue weighted by atomic mass is 9.84. The highest BCUT2D eigenvalue weighted by molar-refractivity contribution is 6.32. The first kappa shape index (κ1) is 45.0. The zero-order valence-corrected chi connectivity index (χ0v) is 42.7. The second-order valence-corrected chi connectivity index (χ2v) is 20.9. The van der Waals surface area contributed by atoms with Gasteiger partial charge in [-0.2, -0.15) is 0 Å². The molecule has 350 valence electrons. The quantitative estimate of drug-likeness (QED) is 0.126. The molecule has 0 aliphatic carbocycles. The Hall–Kier alpha value is -8.20. The van der Waals surface area contributed by atoms with Gasteiger partial charge in [-0.15, -0.1) is 0 Å². The van der Waals surface area contributed by atoms with Crippen LogP contribution >= 0.6 is 0 Å². The average Bonchev–Trinajstić information content (AvgIpc) is 3.38. The molecule has 0 aliphatic heterocycles. The van der Waals surface area contributed by atoms with Crippen molar-refractivity contribution >= 4 is 88.0 Å². The molecule has 2 nitrogen and oxygen atoms in total. The zero-order chi connectivity index (χ0) is 49.4. The van der Waals surface area contributed by atoms with E-state index in [1.807, 2.05) is 0 Å². The van der Waals surface area contributed by atoms with Crippen molar-refractivity contribution in [2.75, 3.05) is 9.80 Å². The van der Waals surface area contributed by atoms with Crippen LogP contribution in [0.2, 0.25) is 0 Å². The molecule has 0 N–H and O–H groups in total. The second kappa shape index (κ2) is 17.9. The van der Waals surface area contributed by atoms with Gasteiger partial charge in [0.2, 0.25) is 0 Å². The van der Waals surface area contributed by atoms with Crippen LogP contribution in [-0.2, 0) is 0 Å². The molecule has 0 fully saturated rings. The number of rotatable bonds is 10. The minimum Gasteiger partial charge on any atom is -0.310 e. The fourth-order valence-electron chi connectivity index (χ4n) is 11.5. The summed E-state index contributed by atoms with van der Waals surface area (Å²) in [6, 6.07) is 78.6. The first-order chi connectivity index (χ1) is 34.9. The molecule has 0 saturated carbocycles. The van der Waals surface area contributed by atoms with Crippen molar-refractivity contribution in [1.29, 1.82) is 0 Å². The van der Waals surface area contributed by atoms with Crippen LogP contribution in [0.4, 0.5) is 34.1 Å². The van der Waals surface area contributed by atoms with Crippen LogP contribution < -0.4 is 9.80 Å². The molecular weight excluding hydrogens is 869 g/mol. The van der Waals surface area contributed by atoms with Gasteiger partial charge in [0.25, 0.3) is 0 Å². The Labute approximate surface area is 424 Å². The van der Waals surface area contributed by atoms with E-state index in [-0.39, 0.29) is 0 Å². The molecule has 12 aromatic carbocycles. The van der Waals surface area contributed by atoms with Gasteiger partial charge < -0.3 is 9.80 Å². The molecule has 12 aromatic rings. The van der Waals surface area contributed by atoms with E-state index in [9.17, 15) is 0 Å². The molecule has 0 heterocycles. The molecule has 12 rings (SSSR count). The van der Waals surface area contributed by atoms with Gasteiger partial charge in [-0.1, -0.05) is 161 Å². The maximum Gasteiger partial charge on any atom is 0.0546 e. The molecule has 0 saturated heterocycles. The topological polar surface area (TPSA) is 6.48 Å². The van der Waals surface area contributed by atoms with Crippen molar-refractivity contribution in [2.24, 2.45) is 0 Å². The van der Waals surface area contributed by atoms with Crippen molar-refractivity contribution in [3.8, 4) is 22.3 Å². The van der Waals surface area contributed by atoms with Gasteiger partial charge in [0.1, 0.15) is 0 Å². The first-order valence-electron chi connectivity index (χ1n) is 25.7. The molecule has 0 aliphatic rings. The third-order valence-corrected chi connectivity index (χ3v) is 15.0. The standard InChI is InChI=1S/C70H60N2/c1-43(2)49-21-25-57(26-22-49)71(59-35-45(5)33-46(6)36-59)67-41-65(55-19-17-51-13-9-11-15-53(51)39-55)61-30-32-64-68(72(60-37-47(7)34-48(8)38-60)58-27-23-50(24-28-58)44(3)4)42-66(62-29-31-63(67)69(61)70(62)64)56-20-18-52-14-10-12-16-54(52)40-56/h9-44H,1-8H3. The van der Waals surface area contributed by atoms with Crippen LogP contribution in [0.25, 0.3) is 76.1 Å². The Bertz CT molecular complexity index is 3720. The average molecular weight is 929 g/mol. The van der Waals surface area contributed by atoms with Crippen molar-refractivity contribution in [2.45, 2.75) is 67.2 Å². The fourth-order valence-corrected chi connectivity index (χ4v) is 11.5. The van der Waals surface area contributed by atoms with E-state index in [2.05, 4.69) is 271 Å². The Morgan fingerprint density at radius 2 is 0.639 bits per heavy atom. The predicted molar refractivity (Wildman–Crippen MR) is 313 cm³/mol. The lowest BCUT2D eigenvalue weighted by molar-refractivity contribution is 0.866. The van der Waals surface area contributed by atoms with Gasteiger partial charge in [0, 0.05) is 44.3 Å². The smallest absolute Gasteiger partial charge is 0.0546 e. The molecule has 2 heteroatoms. The minimum atomic E-state index is 0.421. The Morgan fingerprint density at radius 1 is 0.292 bits per heavy atom. The summed E-state index contributed by atoms with van der Waals surface area (Å²) >= 11 is 0. The van der Waals surface area contributed by atoms with Crippen molar-refractivity contribution in [1.82, 2.24) is 0 Å². The van der Waals surface area contributed by atoms with Crippen LogP contribution in [0.5, 0.6) is 0 Å². The minimum absolute atomic E-state index is 0.421. The molecule has 0 spiro atoms. The third kappa shape index (κ3) is 7.92. The number of fused-ring (bicyclic) bond motifs is 2. The highest BCUT2D eigenvalue weighted by Gasteiger charge is 2.26. The van der Waals surface area contributed by atoms with Crippen molar-refractivity contribution in [3.63, 3.8) is 0 Å². The fraction of sp³-hybridized carbons (Fsp3) is 0.143. The first-order valence-corrected chi connectivity index (χ1v) is 25.7. The SMILES string of the molecule is Cc1cc(C)cc(N(c2ccc(C(C)C)cc2)c2cc(-c3ccc4ccccc4c3)c3ccc4c(N(c5ccc(C(C)C)cc5)c5cc(C)cc(C)c5)cc(-c5ccc6ccccc6c5)c5ccc2c3c54)c1. The summed E-state index contributed by atoms with van der Waals surface area (Å²) in [6.07, 6.45) is 0. The van der Waals surface area contributed by atoms with E-state index in [0.29, 0.717) is 11.8 Å². The van der Waals surface area contributed by atoms with E-state index in [1.165, 1.54) is 109 Å².